The zero-order valence-electron chi connectivity index (χ0n) is 9.11. The van der Waals surface area contributed by atoms with Gasteiger partial charge in [0.1, 0.15) is 0 Å². The van der Waals surface area contributed by atoms with E-state index in [0.29, 0.717) is 0 Å². The van der Waals surface area contributed by atoms with E-state index in [0.717, 1.165) is 31.8 Å². The summed E-state index contributed by atoms with van der Waals surface area (Å²) in [5.41, 5.74) is 6.00. The molecule has 0 amide bonds. The average molecular weight is 214 g/mol. The van der Waals surface area contributed by atoms with Crippen LogP contribution in [0.4, 0.5) is 0 Å². The van der Waals surface area contributed by atoms with Crippen LogP contribution >= 0.6 is 11.8 Å². The van der Waals surface area contributed by atoms with E-state index in [1.54, 1.807) is 0 Å². The minimum Gasteiger partial charge on any atom is -0.327 e. The Morgan fingerprint density at radius 1 is 1.36 bits per heavy atom. The summed E-state index contributed by atoms with van der Waals surface area (Å²) in [4.78, 5) is 2.25. The first-order valence-electron chi connectivity index (χ1n) is 4.93. The Labute approximate surface area is 92.2 Å². The molecule has 0 saturated heterocycles. The molecule has 0 aromatic heterocycles. The zero-order valence-corrected chi connectivity index (χ0v) is 9.93. The highest BCUT2D eigenvalue weighted by atomic mass is 32.2. The molecule has 2 nitrogen and oxygen atoms in total. The number of hydrogen-bond donors (Lipinski definition) is 1. The number of thioether (sulfide) groups is 1. The van der Waals surface area contributed by atoms with Crippen LogP contribution < -0.4 is 5.73 Å². The zero-order chi connectivity index (χ0) is 10.8. The van der Waals surface area contributed by atoms with Crippen LogP contribution in [-0.4, -0.2) is 42.6 Å². The third kappa shape index (κ3) is 7.18. The molecule has 0 radical (unpaired) electrons. The summed E-state index contributed by atoms with van der Waals surface area (Å²) < 4.78 is 0. The van der Waals surface area contributed by atoms with Gasteiger partial charge in [-0.15, -0.1) is 13.2 Å². The number of rotatable bonds is 9. The molecule has 0 rings (SSSR count). The van der Waals surface area contributed by atoms with Crippen molar-refractivity contribution in [3.05, 3.63) is 25.3 Å². The van der Waals surface area contributed by atoms with Crippen LogP contribution in [0, 0.1) is 0 Å². The van der Waals surface area contributed by atoms with Gasteiger partial charge in [0, 0.05) is 25.7 Å². The maximum atomic E-state index is 6.00. The first-order valence-corrected chi connectivity index (χ1v) is 6.32. The van der Waals surface area contributed by atoms with Gasteiger partial charge in [0.25, 0.3) is 0 Å². The largest absolute Gasteiger partial charge is 0.327 e. The van der Waals surface area contributed by atoms with Crippen molar-refractivity contribution in [1.29, 1.82) is 0 Å². The van der Waals surface area contributed by atoms with Crippen LogP contribution in [0.1, 0.15) is 6.42 Å². The highest BCUT2D eigenvalue weighted by Gasteiger charge is 2.07. The van der Waals surface area contributed by atoms with E-state index in [1.807, 2.05) is 23.9 Å². The van der Waals surface area contributed by atoms with Gasteiger partial charge in [0.2, 0.25) is 0 Å². The van der Waals surface area contributed by atoms with Crippen molar-refractivity contribution in [2.24, 2.45) is 5.73 Å². The third-order valence-corrected chi connectivity index (χ3v) is 2.60. The lowest BCUT2D eigenvalue weighted by atomic mass is 10.2. The molecule has 0 fully saturated rings. The summed E-state index contributed by atoms with van der Waals surface area (Å²) in [5.74, 6) is 1.14. The van der Waals surface area contributed by atoms with Gasteiger partial charge in [0.05, 0.1) is 0 Å². The van der Waals surface area contributed by atoms with Gasteiger partial charge in [-0.1, -0.05) is 12.2 Å². The SMILES string of the molecule is C=CCN(CC=C)CC(N)CCSC. The minimum atomic E-state index is 0.266. The molecule has 0 aliphatic carbocycles. The predicted molar refractivity (Wildman–Crippen MR) is 67.8 cm³/mol. The first kappa shape index (κ1) is 13.8. The molecule has 1 unspecified atom stereocenters. The monoisotopic (exact) mass is 214 g/mol. The Hall–Kier alpha value is -0.250. The Bertz CT molecular complexity index is 149. The Kier molecular flexibility index (Phi) is 9.14. The molecule has 0 aromatic carbocycles. The molecule has 0 bridgehead atoms. The molecule has 0 aliphatic heterocycles. The first-order chi connectivity index (χ1) is 6.74. The molecular formula is C11H22N2S. The van der Waals surface area contributed by atoms with Crippen LogP contribution in [0.5, 0.6) is 0 Å². The predicted octanol–water partition coefficient (Wildman–Crippen LogP) is 1.74. The number of hydrogen-bond acceptors (Lipinski definition) is 3. The van der Waals surface area contributed by atoms with Crippen LogP contribution in [0.15, 0.2) is 25.3 Å². The van der Waals surface area contributed by atoms with Crippen molar-refractivity contribution in [2.45, 2.75) is 12.5 Å². The summed E-state index contributed by atoms with van der Waals surface area (Å²) in [5, 5.41) is 0. The van der Waals surface area contributed by atoms with E-state index < -0.39 is 0 Å². The van der Waals surface area contributed by atoms with Crippen LogP contribution in [-0.2, 0) is 0 Å². The van der Waals surface area contributed by atoms with Crippen molar-refractivity contribution in [1.82, 2.24) is 4.90 Å². The Morgan fingerprint density at radius 3 is 2.36 bits per heavy atom. The van der Waals surface area contributed by atoms with Crippen LogP contribution in [0.25, 0.3) is 0 Å². The van der Waals surface area contributed by atoms with E-state index in [2.05, 4.69) is 24.3 Å². The van der Waals surface area contributed by atoms with Crippen LogP contribution in [0.3, 0.4) is 0 Å². The fourth-order valence-corrected chi connectivity index (χ4v) is 1.82. The van der Waals surface area contributed by atoms with Crippen molar-refractivity contribution >= 4 is 11.8 Å². The van der Waals surface area contributed by atoms with Gasteiger partial charge in [-0.3, -0.25) is 4.90 Å². The smallest absolute Gasteiger partial charge is 0.0175 e. The topological polar surface area (TPSA) is 29.3 Å². The average Bonchev–Trinajstić information content (AvgIpc) is 2.15. The van der Waals surface area contributed by atoms with E-state index in [4.69, 9.17) is 5.73 Å². The second kappa shape index (κ2) is 9.31. The summed E-state index contributed by atoms with van der Waals surface area (Å²) in [7, 11) is 0. The van der Waals surface area contributed by atoms with Gasteiger partial charge in [-0.2, -0.15) is 11.8 Å². The van der Waals surface area contributed by atoms with Gasteiger partial charge >= 0.3 is 0 Å². The number of nitrogens with two attached hydrogens (primary N) is 1. The van der Waals surface area contributed by atoms with E-state index in [-0.39, 0.29) is 6.04 Å². The van der Waals surface area contributed by atoms with Crippen molar-refractivity contribution in [3.8, 4) is 0 Å². The molecule has 0 saturated carbocycles. The summed E-state index contributed by atoms with van der Waals surface area (Å²) >= 11 is 1.84. The molecule has 0 spiro atoms. The van der Waals surface area contributed by atoms with E-state index in [1.165, 1.54) is 0 Å². The molecule has 82 valence electrons. The van der Waals surface area contributed by atoms with Crippen molar-refractivity contribution < 1.29 is 0 Å². The second-order valence-electron chi connectivity index (χ2n) is 3.34. The third-order valence-electron chi connectivity index (χ3n) is 1.96. The summed E-state index contributed by atoms with van der Waals surface area (Å²) in [6.45, 7) is 10.2. The Balaban J connectivity index is 3.75. The van der Waals surface area contributed by atoms with Crippen molar-refractivity contribution in [2.75, 3.05) is 31.6 Å². The van der Waals surface area contributed by atoms with Gasteiger partial charge in [-0.25, -0.2) is 0 Å². The maximum Gasteiger partial charge on any atom is 0.0175 e. The quantitative estimate of drug-likeness (QED) is 0.593. The fraction of sp³-hybridized carbons (Fsp3) is 0.636. The lowest BCUT2D eigenvalue weighted by molar-refractivity contribution is 0.308. The van der Waals surface area contributed by atoms with Crippen LogP contribution in [0.2, 0.25) is 0 Å². The molecule has 1 atom stereocenters. The normalized spacial score (nSPS) is 12.8. The van der Waals surface area contributed by atoms with Crippen molar-refractivity contribution in [3.63, 3.8) is 0 Å². The Morgan fingerprint density at radius 2 is 1.93 bits per heavy atom. The van der Waals surface area contributed by atoms with Gasteiger partial charge in [-0.05, 0) is 18.4 Å². The maximum absolute atomic E-state index is 6.00. The van der Waals surface area contributed by atoms with Gasteiger partial charge < -0.3 is 5.73 Å². The highest BCUT2D eigenvalue weighted by Crippen LogP contribution is 2.01. The molecule has 2 N–H and O–H groups in total. The lowest BCUT2D eigenvalue weighted by Gasteiger charge is -2.22. The fourth-order valence-electron chi connectivity index (χ4n) is 1.28. The molecular weight excluding hydrogens is 192 g/mol. The summed E-state index contributed by atoms with van der Waals surface area (Å²) in [6, 6.07) is 0.266. The molecule has 0 aliphatic rings. The lowest BCUT2D eigenvalue weighted by Crippen LogP contribution is -2.38. The van der Waals surface area contributed by atoms with Gasteiger partial charge in [0.15, 0.2) is 0 Å². The molecule has 0 aromatic rings. The molecule has 3 heteroatoms. The van der Waals surface area contributed by atoms with E-state index >= 15 is 0 Å². The second-order valence-corrected chi connectivity index (χ2v) is 4.32. The minimum absolute atomic E-state index is 0.266. The standard InChI is InChI=1S/C11H22N2S/c1-4-7-13(8-5-2)10-11(12)6-9-14-3/h4-5,11H,1-2,6-10,12H2,3H3. The van der Waals surface area contributed by atoms with E-state index in [9.17, 15) is 0 Å². The summed E-state index contributed by atoms with van der Waals surface area (Å²) in [6.07, 6.45) is 7.00. The molecule has 14 heavy (non-hydrogen) atoms. The highest BCUT2D eigenvalue weighted by molar-refractivity contribution is 7.98. The molecule has 0 heterocycles. The number of nitrogens with zero attached hydrogens (tertiary/aromatic N) is 1.